The smallest absolute Gasteiger partial charge is 0.322 e. The van der Waals surface area contributed by atoms with Crippen molar-refractivity contribution in [1.29, 1.82) is 0 Å². The van der Waals surface area contributed by atoms with Crippen molar-refractivity contribution in [3.8, 4) is 5.69 Å². The van der Waals surface area contributed by atoms with Crippen molar-refractivity contribution >= 4 is 33.3 Å². The van der Waals surface area contributed by atoms with E-state index < -0.39 is 28.6 Å². The summed E-state index contributed by atoms with van der Waals surface area (Å²) in [6.45, 7) is 1.57. The zero-order chi connectivity index (χ0) is 22.9. The van der Waals surface area contributed by atoms with Crippen LogP contribution in [0.15, 0.2) is 72.0 Å². The Bertz CT molecular complexity index is 1320. The van der Waals surface area contributed by atoms with E-state index in [-0.39, 0.29) is 10.6 Å². The minimum atomic E-state index is -4.55. The van der Waals surface area contributed by atoms with Crippen LogP contribution in [-0.4, -0.2) is 36.8 Å². The Morgan fingerprint density at radius 1 is 1.16 bits per heavy atom. The number of pyridine rings is 1. The molecule has 0 bridgehead atoms. The van der Waals surface area contributed by atoms with Crippen LogP contribution in [-0.2, 0) is 10.8 Å². The molecule has 2 aromatic heterocycles. The summed E-state index contributed by atoms with van der Waals surface area (Å²) in [7, 11) is -2.26. The maximum Gasteiger partial charge on any atom is 0.400 e. The van der Waals surface area contributed by atoms with Crippen LogP contribution in [0, 0.1) is 6.92 Å². The van der Waals surface area contributed by atoms with Crippen LogP contribution in [0.3, 0.4) is 0 Å². The number of hydrogen-bond donors (Lipinski definition) is 1. The average Bonchev–Trinajstić information content (AvgIpc) is 3.18. The molecule has 2 aromatic carbocycles. The van der Waals surface area contributed by atoms with Gasteiger partial charge in [-0.15, -0.1) is 0 Å². The van der Waals surface area contributed by atoms with Crippen molar-refractivity contribution in [2.75, 3.05) is 11.1 Å². The normalized spacial score (nSPS) is 12.6. The molecule has 0 saturated heterocycles. The Labute approximate surface area is 183 Å². The van der Waals surface area contributed by atoms with Crippen LogP contribution in [0.4, 0.5) is 18.9 Å². The number of amides is 1. The minimum absolute atomic E-state index is 0.0355. The monoisotopic (exact) mass is 458 g/mol. The van der Waals surface area contributed by atoms with E-state index >= 15 is 0 Å². The number of carbonyl (C=O) groups excluding carboxylic acids is 1. The average molecular weight is 458 g/mol. The molecule has 6 nitrogen and oxygen atoms in total. The zero-order valence-corrected chi connectivity index (χ0v) is 17.6. The summed E-state index contributed by atoms with van der Waals surface area (Å²) in [5.41, 5.74) is 2.52. The number of fused-ring (bicyclic) bond motifs is 1. The second-order valence-electron chi connectivity index (χ2n) is 7.10. The van der Waals surface area contributed by atoms with Gasteiger partial charge in [0, 0.05) is 33.9 Å². The quantitative estimate of drug-likeness (QED) is 0.472. The number of nitrogens with zero attached hydrogens (tertiary/aromatic N) is 3. The second-order valence-corrected chi connectivity index (χ2v) is 8.52. The first kappa shape index (κ1) is 21.7. The predicted octanol–water partition coefficient (Wildman–Crippen LogP) is 4.65. The molecule has 4 aromatic rings. The third-order valence-electron chi connectivity index (χ3n) is 4.66. The lowest BCUT2D eigenvalue weighted by Gasteiger charge is -2.11. The van der Waals surface area contributed by atoms with Gasteiger partial charge in [0.25, 0.3) is 5.91 Å². The van der Waals surface area contributed by atoms with E-state index in [0.717, 1.165) is 11.1 Å². The number of aryl methyl sites for hydroxylation is 1. The van der Waals surface area contributed by atoms with E-state index in [4.69, 9.17) is 0 Å². The molecule has 0 aliphatic carbocycles. The number of anilines is 1. The molecule has 0 radical (unpaired) electrons. The molecule has 0 aliphatic rings. The van der Waals surface area contributed by atoms with Gasteiger partial charge >= 0.3 is 6.18 Å². The summed E-state index contributed by atoms with van der Waals surface area (Å²) in [4.78, 5) is 16.8. The first-order valence-corrected chi connectivity index (χ1v) is 10.8. The van der Waals surface area contributed by atoms with Gasteiger partial charge in [0.1, 0.15) is 5.75 Å². The van der Waals surface area contributed by atoms with E-state index in [2.05, 4.69) is 15.4 Å². The van der Waals surface area contributed by atoms with Crippen LogP contribution in [0.5, 0.6) is 0 Å². The Balaban J connectivity index is 1.56. The first-order valence-electron chi connectivity index (χ1n) is 9.46. The fraction of sp³-hybridized carbons (Fsp3) is 0.136. The maximum atomic E-state index is 12.7. The lowest BCUT2D eigenvalue weighted by atomic mass is 10.1. The van der Waals surface area contributed by atoms with Crippen molar-refractivity contribution in [3.63, 3.8) is 0 Å². The van der Waals surface area contributed by atoms with Crippen molar-refractivity contribution in [2.45, 2.75) is 18.0 Å². The number of benzene rings is 2. The Morgan fingerprint density at radius 2 is 1.97 bits per heavy atom. The third-order valence-corrected chi connectivity index (χ3v) is 6.18. The second kappa shape index (κ2) is 8.54. The molecule has 0 aliphatic heterocycles. The van der Waals surface area contributed by atoms with Gasteiger partial charge in [-0.25, -0.2) is 4.68 Å². The fourth-order valence-corrected chi connectivity index (χ4v) is 4.28. The number of hydrogen-bond acceptors (Lipinski definition) is 4. The summed E-state index contributed by atoms with van der Waals surface area (Å²) in [6.07, 6.45) is 0.543. The largest absolute Gasteiger partial charge is 0.400 e. The highest BCUT2D eigenvalue weighted by Crippen LogP contribution is 2.25. The zero-order valence-electron chi connectivity index (χ0n) is 16.8. The summed E-state index contributed by atoms with van der Waals surface area (Å²) in [5, 5.41) is 7.85. The van der Waals surface area contributed by atoms with E-state index in [9.17, 15) is 22.2 Å². The molecule has 0 spiro atoms. The highest BCUT2D eigenvalue weighted by Gasteiger charge is 2.31. The van der Waals surface area contributed by atoms with Crippen molar-refractivity contribution in [3.05, 3.63) is 78.2 Å². The van der Waals surface area contributed by atoms with Crippen LogP contribution < -0.4 is 5.32 Å². The van der Waals surface area contributed by atoms with Gasteiger partial charge in [0.05, 0.1) is 28.2 Å². The summed E-state index contributed by atoms with van der Waals surface area (Å²) in [5.74, 6) is -1.89. The molecule has 1 unspecified atom stereocenters. The third kappa shape index (κ3) is 4.86. The molecular weight excluding hydrogens is 441 g/mol. The highest BCUT2D eigenvalue weighted by atomic mass is 32.2. The van der Waals surface area contributed by atoms with E-state index in [0.29, 0.717) is 16.6 Å². The maximum absolute atomic E-state index is 12.7. The SMILES string of the molecule is Cc1ccc(NC(=O)c2ccc3nn(-c4cccnc4)cc3c2)cc1S(=O)CC(F)(F)F. The van der Waals surface area contributed by atoms with Gasteiger partial charge in [0.15, 0.2) is 0 Å². The number of alkyl halides is 3. The summed E-state index contributed by atoms with van der Waals surface area (Å²) in [6, 6.07) is 13.0. The highest BCUT2D eigenvalue weighted by molar-refractivity contribution is 7.85. The van der Waals surface area contributed by atoms with E-state index in [1.54, 1.807) is 60.5 Å². The van der Waals surface area contributed by atoms with E-state index in [1.165, 1.54) is 12.1 Å². The first-order chi connectivity index (χ1) is 15.2. The number of aromatic nitrogens is 3. The van der Waals surface area contributed by atoms with Gasteiger partial charge in [0.2, 0.25) is 0 Å². The van der Waals surface area contributed by atoms with Crippen molar-refractivity contribution < 1.29 is 22.2 Å². The molecule has 2 heterocycles. The van der Waals surface area contributed by atoms with Crippen LogP contribution in [0.1, 0.15) is 15.9 Å². The van der Waals surface area contributed by atoms with Crippen molar-refractivity contribution in [1.82, 2.24) is 14.8 Å². The molecule has 32 heavy (non-hydrogen) atoms. The Kier molecular flexibility index (Phi) is 5.79. The molecule has 0 fully saturated rings. The molecule has 1 amide bonds. The van der Waals surface area contributed by atoms with Gasteiger partial charge in [-0.1, -0.05) is 6.07 Å². The molecular formula is C22H17F3N4O2S. The standard InChI is InChI=1S/C22H17F3N4O2S/c1-14-4-6-17(10-20(14)32(31)13-22(23,24)25)27-21(30)15-5-7-19-16(9-15)12-29(28-19)18-3-2-8-26-11-18/h2-12H,13H2,1H3,(H,27,30). The number of halogens is 3. The molecule has 0 saturated carbocycles. The van der Waals surface area contributed by atoms with Gasteiger partial charge in [-0.3, -0.25) is 14.0 Å². The van der Waals surface area contributed by atoms with Crippen LogP contribution >= 0.6 is 0 Å². The number of carbonyl (C=O) groups is 1. The summed E-state index contributed by atoms with van der Waals surface area (Å²) >= 11 is 0. The number of nitrogens with one attached hydrogen (secondary N) is 1. The fourth-order valence-electron chi connectivity index (χ4n) is 3.14. The van der Waals surface area contributed by atoms with E-state index in [1.807, 2.05) is 6.07 Å². The lowest BCUT2D eigenvalue weighted by molar-refractivity contribution is -0.105. The lowest BCUT2D eigenvalue weighted by Crippen LogP contribution is -2.19. The topological polar surface area (TPSA) is 76.9 Å². The van der Waals surface area contributed by atoms with Gasteiger partial charge < -0.3 is 5.32 Å². The van der Waals surface area contributed by atoms with Crippen molar-refractivity contribution in [2.24, 2.45) is 0 Å². The van der Waals surface area contributed by atoms with Crippen LogP contribution in [0.2, 0.25) is 0 Å². The Hall–Kier alpha value is -3.53. The summed E-state index contributed by atoms with van der Waals surface area (Å²) < 4.78 is 51.6. The van der Waals surface area contributed by atoms with Gasteiger partial charge in [-0.05, 0) is 55.0 Å². The molecule has 164 valence electrons. The molecule has 10 heteroatoms. The Morgan fingerprint density at radius 3 is 2.69 bits per heavy atom. The number of rotatable bonds is 5. The predicted molar refractivity (Wildman–Crippen MR) is 115 cm³/mol. The molecule has 4 rings (SSSR count). The minimum Gasteiger partial charge on any atom is -0.322 e. The molecule has 1 N–H and O–H groups in total. The van der Waals surface area contributed by atoms with Gasteiger partial charge in [-0.2, -0.15) is 18.3 Å². The van der Waals surface area contributed by atoms with Crippen LogP contribution in [0.25, 0.3) is 16.6 Å². The molecule has 1 atom stereocenters.